The third-order valence-electron chi connectivity index (χ3n) is 4.01. The molecular formula is C21H20ClN5OS. The molecule has 0 saturated carbocycles. The molecule has 29 heavy (non-hydrogen) atoms. The number of nitrogens with zero attached hydrogens (tertiary/aromatic N) is 3. The zero-order valence-electron chi connectivity index (χ0n) is 15.9. The van der Waals surface area contributed by atoms with Crippen molar-refractivity contribution < 1.29 is 4.21 Å². The minimum Gasteiger partial charge on any atom is -0.365 e. The van der Waals surface area contributed by atoms with Crippen molar-refractivity contribution in [3.05, 3.63) is 78.9 Å². The third kappa shape index (κ3) is 5.28. The average molecular weight is 426 g/mol. The lowest BCUT2D eigenvalue weighted by Gasteiger charge is -2.11. The largest absolute Gasteiger partial charge is 0.365 e. The second-order valence-corrected chi connectivity index (χ2v) is 7.65. The van der Waals surface area contributed by atoms with Crippen molar-refractivity contribution in [1.82, 2.24) is 15.0 Å². The maximum Gasteiger partial charge on any atom is 0.153 e. The van der Waals surface area contributed by atoms with Gasteiger partial charge < -0.3 is 10.0 Å². The van der Waals surface area contributed by atoms with Gasteiger partial charge in [-0.2, -0.15) is 0 Å². The molecule has 0 aliphatic rings. The standard InChI is InChI=1S/C21H20ClN5OS/c1-4-5-6-14(2)11-24-21-17-9-15(7-8-18(17)25-13-26-21)16-10-19(27-29(3)28)20(22)23-12-16/h4-10,12-13,27H,1-2,11H2,3H3,(H,24,25,26)/b6-5-. The predicted octanol–water partition coefficient (Wildman–Crippen LogP) is 4.76. The number of aromatic nitrogens is 3. The highest BCUT2D eigenvalue weighted by Crippen LogP contribution is 2.30. The molecular weight excluding hydrogens is 406 g/mol. The Morgan fingerprint density at radius 2 is 2.07 bits per heavy atom. The Hall–Kier alpha value is -3.03. The number of rotatable bonds is 8. The Morgan fingerprint density at radius 1 is 1.24 bits per heavy atom. The monoisotopic (exact) mass is 425 g/mol. The topological polar surface area (TPSA) is 79.8 Å². The summed E-state index contributed by atoms with van der Waals surface area (Å²) >= 11 is 6.10. The van der Waals surface area contributed by atoms with Crippen LogP contribution in [-0.4, -0.2) is 32.0 Å². The number of nitrogens with one attached hydrogen (secondary N) is 2. The maximum absolute atomic E-state index is 11.5. The van der Waals surface area contributed by atoms with Gasteiger partial charge in [0.1, 0.15) is 23.1 Å². The Labute approximate surface area is 177 Å². The van der Waals surface area contributed by atoms with E-state index in [0.29, 0.717) is 18.1 Å². The number of anilines is 2. The van der Waals surface area contributed by atoms with E-state index in [1.54, 1.807) is 12.3 Å². The van der Waals surface area contributed by atoms with E-state index in [4.69, 9.17) is 11.6 Å². The van der Waals surface area contributed by atoms with Gasteiger partial charge in [-0.25, -0.2) is 19.2 Å². The van der Waals surface area contributed by atoms with Gasteiger partial charge in [-0.15, -0.1) is 0 Å². The van der Waals surface area contributed by atoms with Gasteiger partial charge in [0.05, 0.1) is 11.2 Å². The van der Waals surface area contributed by atoms with Crippen LogP contribution in [0, 0.1) is 0 Å². The average Bonchev–Trinajstić information content (AvgIpc) is 2.71. The summed E-state index contributed by atoms with van der Waals surface area (Å²) in [5.41, 5.74) is 3.97. The Kier molecular flexibility index (Phi) is 6.74. The molecule has 1 aromatic carbocycles. The molecule has 8 heteroatoms. The van der Waals surface area contributed by atoms with E-state index in [-0.39, 0.29) is 5.15 Å². The number of pyridine rings is 1. The van der Waals surface area contributed by atoms with Crippen LogP contribution in [0.4, 0.5) is 11.5 Å². The van der Waals surface area contributed by atoms with E-state index in [9.17, 15) is 4.21 Å². The smallest absolute Gasteiger partial charge is 0.153 e. The van der Waals surface area contributed by atoms with Gasteiger partial charge in [0.25, 0.3) is 0 Å². The van der Waals surface area contributed by atoms with Crippen molar-refractivity contribution in [1.29, 1.82) is 0 Å². The molecule has 3 rings (SSSR count). The normalized spacial score (nSPS) is 12.1. The van der Waals surface area contributed by atoms with E-state index in [2.05, 4.69) is 38.1 Å². The summed E-state index contributed by atoms with van der Waals surface area (Å²) in [7, 11) is -1.25. The van der Waals surface area contributed by atoms with Gasteiger partial charge in [-0.1, -0.05) is 49.1 Å². The van der Waals surface area contributed by atoms with E-state index < -0.39 is 11.0 Å². The van der Waals surface area contributed by atoms with Gasteiger partial charge in [0, 0.05) is 29.9 Å². The maximum atomic E-state index is 11.5. The Morgan fingerprint density at radius 3 is 2.83 bits per heavy atom. The molecule has 2 aromatic heterocycles. The molecule has 1 atom stereocenters. The highest BCUT2D eigenvalue weighted by Gasteiger charge is 2.09. The molecule has 0 amide bonds. The molecule has 3 aromatic rings. The molecule has 0 aliphatic heterocycles. The molecule has 0 spiro atoms. The number of hydrogen-bond donors (Lipinski definition) is 2. The van der Waals surface area contributed by atoms with E-state index in [1.165, 1.54) is 12.6 Å². The molecule has 2 heterocycles. The second-order valence-electron chi connectivity index (χ2n) is 6.18. The van der Waals surface area contributed by atoms with E-state index in [1.807, 2.05) is 36.4 Å². The summed E-state index contributed by atoms with van der Waals surface area (Å²) in [6.07, 6.45) is 10.2. The lowest BCUT2D eigenvalue weighted by Crippen LogP contribution is -2.05. The Bertz CT molecular complexity index is 1130. The first kappa shape index (κ1) is 20.7. The van der Waals surface area contributed by atoms with Crippen LogP contribution < -0.4 is 10.0 Å². The van der Waals surface area contributed by atoms with Crippen molar-refractivity contribution in [3.8, 4) is 11.1 Å². The van der Waals surface area contributed by atoms with Crippen molar-refractivity contribution in [2.75, 3.05) is 22.8 Å². The van der Waals surface area contributed by atoms with Gasteiger partial charge in [0.2, 0.25) is 0 Å². The number of fused-ring (bicyclic) bond motifs is 1. The SMILES string of the molecule is C=C/C=C\C(=C)CNc1ncnc2ccc(-c3cnc(Cl)c(NS(C)=O)c3)cc12. The minimum atomic E-state index is -1.25. The minimum absolute atomic E-state index is 0.265. The Balaban J connectivity index is 1.95. The van der Waals surface area contributed by atoms with Crippen LogP contribution >= 0.6 is 11.6 Å². The van der Waals surface area contributed by atoms with Gasteiger partial charge >= 0.3 is 0 Å². The molecule has 2 N–H and O–H groups in total. The van der Waals surface area contributed by atoms with Crippen molar-refractivity contribution >= 4 is 45.0 Å². The van der Waals surface area contributed by atoms with Crippen molar-refractivity contribution in [2.24, 2.45) is 0 Å². The first-order chi connectivity index (χ1) is 14.0. The number of hydrogen-bond acceptors (Lipinski definition) is 5. The van der Waals surface area contributed by atoms with E-state index in [0.717, 1.165) is 27.6 Å². The zero-order valence-corrected chi connectivity index (χ0v) is 17.4. The first-order valence-corrected chi connectivity index (χ1v) is 10.6. The third-order valence-corrected chi connectivity index (χ3v) is 4.82. The fourth-order valence-corrected chi connectivity index (χ4v) is 3.34. The molecule has 0 fully saturated rings. The van der Waals surface area contributed by atoms with Gasteiger partial charge in [0.15, 0.2) is 5.15 Å². The van der Waals surface area contributed by atoms with Crippen LogP contribution in [0.2, 0.25) is 5.15 Å². The van der Waals surface area contributed by atoms with Crippen LogP contribution in [0.25, 0.3) is 22.0 Å². The summed E-state index contributed by atoms with van der Waals surface area (Å²) in [6.45, 7) is 8.20. The molecule has 6 nitrogen and oxygen atoms in total. The summed E-state index contributed by atoms with van der Waals surface area (Å²) in [5.74, 6) is 0.708. The fraction of sp³-hybridized carbons (Fsp3) is 0.0952. The lowest BCUT2D eigenvalue weighted by atomic mass is 10.0. The number of allylic oxidation sites excluding steroid dienone is 2. The quantitative estimate of drug-likeness (QED) is 0.401. The van der Waals surface area contributed by atoms with Crippen LogP contribution in [-0.2, 0) is 11.0 Å². The zero-order chi connectivity index (χ0) is 20.8. The summed E-state index contributed by atoms with van der Waals surface area (Å²) in [6, 6.07) is 7.67. The lowest BCUT2D eigenvalue weighted by molar-refractivity contribution is 0.690. The highest BCUT2D eigenvalue weighted by atomic mass is 35.5. The second kappa shape index (κ2) is 9.45. The molecule has 0 aliphatic carbocycles. The number of halogens is 1. The van der Waals surface area contributed by atoms with Crippen LogP contribution in [0.15, 0.2) is 73.7 Å². The summed E-state index contributed by atoms with van der Waals surface area (Å²) < 4.78 is 14.3. The predicted molar refractivity (Wildman–Crippen MR) is 122 cm³/mol. The summed E-state index contributed by atoms with van der Waals surface area (Å²) in [5, 5.41) is 4.43. The molecule has 1 unspecified atom stereocenters. The highest BCUT2D eigenvalue weighted by molar-refractivity contribution is 7.85. The van der Waals surface area contributed by atoms with Gasteiger partial charge in [-0.05, 0) is 29.3 Å². The van der Waals surface area contributed by atoms with Crippen LogP contribution in [0.5, 0.6) is 0 Å². The van der Waals surface area contributed by atoms with Gasteiger partial charge in [-0.3, -0.25) is 0 Å². The van der Waals surface area contributed by atoms with E-state index >= 15 is 0 Å². The fourth-order valence-electron chi connectivity index (χ4n) is 2.67. The van der Waals surface area contributed by atoms with Crippen molar-refractivity contribution in [2.45, 2.75) is 0 Å². The van der Waals surface area contributed by atoms with Crippen LogP contribution in [0.3, 0.4) is 0 Å². The number of benzene rings is 1. The van der Waals surface area contributed by atoms with Crippen LogP contribution in [0.1, 0.15) is 0 Å². The molecule has 0 saturated heterocycles. The molecule has 148 valence electrons. The molecule has 0 bridgehead atoms. The first-order valence-electron chi connectivity index (χ1n) is 8.69. The summed E-state index contributed by atoms with van der Waals surface area (Å²) in [4.78, 5) is 12.9. The van der Waals surface area contributed by atoms with Crippen molar-refractivity contribution in [3.63, 3.8) is 0 Å². The molecule has 0 radical (unpaired) electrons.